The predicted octanol–water partition coefficient (Wildman–Crippen LogP) is 3.86. The van der Waals surface area contributed by atoms with Crippen molar-refractivity contribution in [3.05, 3.63) is 83.7 Å². The molecule has 2 aromatic carbocycles. The molecule has 3 unspecified atom stereocenters. The van der Waals surface area contributed by atoms with Crippen LogP contribution in [0, 0.1) is 5.92 Å². The van der Waals surface area contributed by atoms with Gasteiger partial charge >= 0.3 is 5.97 Å². The molecule has 3 atom stereocenters. The van der Waals surface area contributed by atoms with E-state index in [0.717, 1.165) is 22.4 Å². The number of carboxylic acid groups (broad SMARTS) is 1. The number of carboxylic acids is 1. The Labute approximate surface area is 186 Å². The number of benzene rings is 2. The third-order valence-electron chi connectivity index (χ3n) is 6.30. The standard InChI is InChI=1S/C25H24N2O5/c1-30-19-5-2-17(3-6-19)24-23(25(28)29)20(14-27(24)13-16-8-10-26-11-9-16)18-4-7-21-22(12-18)32-15-31-21/h2-12,20,23-24H,13-15H2,1H3,(H,28,29). The molecule has 0 aliphatic carbocycles. The van der Waals surface area contributed by atoms with E-state index in [4.69, 9.17) is 14.2 Å². The van der Waals surface area contributed by atoms with Gasteiger partial charge in [0.25, 0.3) is 0 Å². The molecule has 2 aliphatic heterocycles. The summed E-state index contributed by atoms with van der Waals surface area (Å²) in [6, 6.07) is 17.1. The molecule has 0 radical (unpaired) electrons. The van der Waals surface area contributed by atoms with Gasteiger partial charge in [-0.1, -0.05) is 18.2 Å². The second-order valence-electron chi connectivity index (χ2n) is 8.09. The minimum Gasteiger partial charge on any atom is -0.497 e. The van der Waals surface area contributed by atoms with Gasteiger partial charge in [0, 0.05) is 37.4 Å². The highest BCUT2D eigenvalue weighted by Gasteiger charge is 2.47. The number of hydrogen-bond donors (Lipinski definition) is 1. The van der Waals surface area contributed by atoms with Crippen LogP contribution in [0.15, 0.2) is 67.0 Å². The molecule has 0 amide bonds. The molecule has 7 heteroatoms. The largest absolute Gasteiger partial charge is 0.497 e. The molecular weight excluding hydrogens is 408 g/mol. The lowest BCUT2D eigenvalue weighted by Gasteiger charge is -2.27. The molecular formula is C25H24N2O5. The summed E-state index contributed by atoms with van der Waals surface area (Å²) in [7, 11) is 1.62. The molecule has 3 heterocycles. The summed E-state index contributed by atoms with van der Waals surface area (Å²) >= 11 is 0. The van der Waals surface area contributed by atoms with Crippen LogP contribution in [0.4, 0.5) is 0 Å². The monoisotopic (exact) mass is 432 g/mol. The Hall–Kier alpha value is -3.58. The lowest BCUT2D eigenvalue weighted by Crippen LogP contribution is -2.28. The van der Waals surface area contributed by atoms with E-state index in [1.807, 2.05) is 54.6 Å². The predicted molar refractivity (Wildman–Crippen MR) is 117 cm³/mol. The summed E-state index contributed by atoms with van der Waals surface area (Å²) in [4.78, 5) is 19.0. The Morgan fingerprint density at radius 3 is 2.50 bits per heavy atom. The minimum absolute atomic E-state index is 0.189. The molecule has 2 aliphatic rings. The SMILES string of the molecule is COc1ccc(C2C(C(=O)O)C(c3ccc4c(c3)OCO4)CN2Cc2ccncc2)cc1. The molecule has 5 rings (SSSR count). The minimum atomic E-state index is -0.814. The number of aromatic nitrogens is 1. The third kappa shape index (κ3) is 3.76. The highest BCUT2D eigenvalue weighted by Crippen LogP contribution is 2.48. The number of fused-ring (bicyclic) bond motifs is 1. The maximum atomic E-state index is 12.6. The quantitative estimate of drug-likeness (QED) is 0.633. The van der Waals surface area contributed by atoms with Crippen LogP contribution in [0.25, 0.3) is 0 Å². The van der Waals surface area contributed by atoms with Crippen molar-refractivity contribution in [2.75, 3.05) is 20.4 Å². The van der Waals surface area contributed by atoms with E-state index in [1.165, 1.54) is 0 Å². The van der Waals surface area contributed by atoms with E-state index in [9.17, 15) is 9.90 Å². The van der Waals surface area contributed by atoms with Crippen LogP contribution in [-0.2, 0) is 11.3 Å². The molecule has 1 N–H and O–H groups in total. The van der Waals surface area contributed by atoms with Crippen LogP contribution in [0.2, 0.25) is 0 Å². The molecule has 1 fully saturated rings. The third-order valence-corrected chi connectivity index (χ3v) is 6.30. The second-order valence-corrected chi connectivity index (χ2v) is 8.09. The van der Waals surface area contributed by atoms with Crippen molar-refractivity contribution in [1.29, 1.82) is 0 Å². The molecule has 3 aromatic rings. The average Bonchev–Trinajstić information content (AvgIpc) is 3.44. The smallest absolute Gasteiger partial charge is 0.309 e. The fraction of sp³-hybridized carbons (Fsp3) is 0.280. The van der Waals surface area contributed by atoms with Crippen LogP contribution >= 0.6 is 0 Å². The molecule has 7 nitrogen and oxygen atoms in total. The van der Waals surface area contributed by atoms with Gasteiger partial charge in [-0.15, -0.1) is 0 Å². The summed E-state index contributed by atoms with van der Waals surface area (Å²) in [5.41, 5.74) is 2.99. The first-order valence-corrected chi connectivity index (χ1v) is 10.5. The maximum absolute atomic E-state index is 12.6. The van der Waals surface area contributed by atoms with Crippen LogP contribution in [0.5, 0.6) is 17.2 Å². The lowest BCUT2D eigenvalue weighted by atomic mass is 9.82. The zero-order chi connectivity index (χ0) is 22.1. The molecule has 0 spiro atoms. The normalized spacial score (nSPS) is 22.1. The van der Waals surface area contributed by atoms with Crippen molar-refractivity contribution in [1.82, 2.24) is 9.88 Å². The lowest BCUT2D eigenvalue weighted by molar-refractivity contribution is -0.143. The number of hydrogen-bond acceptors (Lipinski definition) is 6. The van der Waals surface area contributed by atoms with Crippen molar-refractivity contribution in [3.63, 3.8) is 0 Å². The van der Waals surface area contributed by atoms with Crippen LogP contribution in [0.1, 0.15) is 28.7 Å². The average molecular weight is 432 g/mol. The van der Waals surface area contributed by atoms with Crippen molar-refractivity contribution >= 4 is 5.97 Å². The van der Waals surface area contributed by atoms with Gasteiger partial charge in [-0.3, -0.25) is 14.7 Å². The highest BCUT2D eigenvalue weighted by molar-refractivity contribution is 5.74. The van der Waals surface area contributed by atoms with Crippen LogP contribution < -0.4 is 14.2 Å². The van der Waals surface area contributed by atoms with Gasteiger partial charge in [0.2, 0.25) is 6.79 Å². The molecule has 164 valence electrons. The van der Waals surface area contributed by atoms with Crippen molar-refractivity contribution < 1.29 is 24.1 Å². The number of aliphatic carboxylic acids is 1. The zero-order valence-corrected chi connectivity index (χ0v) is 17.7. The summed E-state index contributed by atoms with van der Waals surface area (Å²) in [5, 5.41) is 10.3. The molecule has 1 saturated heterocycles. The molecule has 0 saturated carbocycles. The number of carbonyl (C=O) groups is 1. The Morgan fingerprint density at radius 1 is 1.06 bits per heavy atom. The Kier molecular flexibility index (Phi) is 5.41. The van der Waals surface area contributed by atoms with Gasteiger partial charge in [-0.05, 0) is 53.1 Å². The van der Waals surface area contributed by atoms with Gasteiger partial charge in [0.05, 0.1) is 13.0 Å². The number of likely N-dealkylation sites (tertiary alicyclic amines) is 1. The van der Waals surface area contributed by atoms with Gasteiger partial charge in [-0.2, -0.15) is 0 Å². The van der Waals surface area contributed by atoms with Crippen molar-refractivity contribution in [2.45, 2.75) is 18.5 Å². The maximum Gasteiger partial charge on any atom is 0.309 e. The van der Waals surface area contributed by atoms with E-state index >= 15 is 0 Å². The van der Waals surface area contributed by atoms with Crippen molar-refractivity contribution in [2.24, 2.45) is 5.92 Å². The van der Waals surface area contributed by atoms with E-state index in [2.05, 4.69) is 9.88 Å². The molecule has 1 aromatic heterocycles. The Balaban J connectivity index is 1.55. The first-order valence-electron chi connectivity index (χ1n) is 10.5. The Morgan fingerprint density at radius 2 is 1.78 bits per heavy atom. The van der Waals surface area contributed by atoms with Crippen LogP contribution in [0.3, 0.4) is 0 Å². The fourth-order valence-corrected chi connectivity index (χ4v) is 4.80. The highest BCUT2D eigenvalue weighted by atomic mass is 16.7. The van der Waals surface area contributed by atoms with Crippen molar-refractivity contribution in [3.8, 4) is 17.2 Å². The number of pyridine rings is 1. The Bertz CT molecular complexity index is 1100. The number of ether oxygens (including phenoxy) is 3. The van der Waals surface area contributed by atoms with Crippen LogP contribution in [-0.4, -0.2) is 41.4 Å². The van der Waals surface area contributed by atoms with Gasteiger partial charge < -0.3 is 19.3 Å². The molecule has 32 heavy (non-hydrogen) atoms. The summed E-state index contributed by atoms with van der Waals surface area (Å²) < 4.78 is 16.3. The van der Waals surface area contributed by atoms with Gasteiger partial charge in [0.1, 0.15) is 5.75 Å². The zero-order valence-electron chi connectivity index (χ0n) is 17.7. The van der Waals surface area contributed by atoms with E-state index in [1.54, 1.807) is 19.5 Å². The summed E-state index contributed by atoms with van der Waals surface area (Å²) in [6.45, 7) is 1.42. The van der Waals surface area contributed by atoms with Gasteiger partial charge in [0.15, 0.2) is 11.5 Å². The van der Waals surface area contributed by atoms with Gasteiger partial charge in [-0.25, -0.2) is 0 Å². The molecule has 0 bridgehead atoms. The van der Waals surface area contributed by atoms with E-state index < -0.39 is 11.9 Å². The number of rotatable bonds is 6. The summed E-state index contributed by atoms with van der Waals surface area (Å²) in [6.07, 6.45) is 3.52. The number of methoxy groups -OCH3 is 1. The first kappa shape index (κ1) is 20.3. The fourth-order valence-electron chi connectivity index (χ4n) is 4.80. The second kappa shape index (κ2) is 8.51. The first-order chi connectivity index (χ1) is 15.6. The topological polar surface area (TPSA) is 81.1 Å². The van der Waals surface area contributed by atoms with E-state index in [-0.39, 0.29) is 18.8 Å². The van der Waals surface area contributed by atoms with E-state index in [0.29, 0.717) is 24.6 Å². The summed E-state index contributed by atoms with van der Waals surface area (Å²) in [5.74, 6) is 0.470. The number of nitrogens with zero attached hydrogens (tertiary/aromatic N) is 2.